The highest BCUT2D eigenvalue weighted by atomic mass is 16.1. The number of carbonyl (C=O) groups excluding carboxylic acids is 1. The molecule has 0 aliphatic rings. The molecule has 1 aromatic carbocycles. The first-order valence-electron chi connectivity index (χ1n) is 7.88. The monoisotopic (exact) mass is 321 g/mol. The van der Waals surface area contributed by atoms with Gasteiger partial charge in [0, 0.05) is 18.2 Å². The van der Waals surface area contributed by atoms with E-state index in [1.807, 2.05) is 36.4 Å². The Morgan fingerprint density at radius 3 is 2.50 bits per heavy atom. The predicted molar refractivity (Wildman–Crippen MR) is 95.5 cm³/mol. The molecule has 2 heterocycles. The molecule has 0 fully saturated rings. The molecule has 24 heavy (non-hydrogen) atoms. The van der Waals surface area contributed by atoms with Crippen molar-refractivity contribution in [1.29, 1.82) is 0 Å². The molecule has 6 nitrogen and oxygen atoms in total. The standard InChI is InChI=1S/C18H19N5O/c1-3-4-15-17-16(23-18(19)22-15)10-9-14(21-17)12-5-7-13(8-6-12)20-11(2)24/h5-10H,3-4H2,1-2H3,(H,20,24)(H2,19,22,23). The summed E-state index contributed by atoms with van der Waals surface area (Å²) in [5.41, 5.74) is 10.7. The van der Waals surface area contributed by atoms with Gasteiger partial charge in [-0.3, -0.25) is 4.79 Å². The second-order valence-corrected chi connectivity index (χ2v) is 5.60. The average molecular weight is 321 g/mol. The van der Waals surface area contributed by atoms with Crippen LogP contribution < -0.4 is 11.1 Å². The van der Waals surface area contributed by atoms with Crippen molar-refractivity contribution in [3.8, 4) is 11.3 Å². The molecule has 0 unspecified atom stereocenters. The lowest BCUT2D eigenvalue weighted by Gasteiger charge is -2.08. The molecule has 0 saturated carbocycles. The smallest absolute Gasteiger partial charge is 0.221 e. The molecule has 0 bridgehead atoms. The molecule has 0 spiro atoms. The molecular weight excluding hydrogens is 302 g/mol. The Kier molecular flexibility index (Phi) is 4.37. The Morgan fingerprint density at radius 2 is 1.83 bits per heavy atom. The SMILES string of the molecule is CCCc1nc(N)nc2ccc(-c3ccc(NC(C)=O)cc3)nc12. The molecule has 3 rings (SSSR count). The van der Waals surface area contributed by atoms with E-state index in [0.29, 0.717) is 0 Å². The number of pyridine rings is 1. The van der Waals surface area contributed by atoms with Gasteiger partial charge >= 0.3 is 0 Å². The molecule has 1 amide bonds. The number of aryl methyl sites for hydroxylation is 1. The molecule has 0 saturated heterocycles. The van der Waals surface area contributed by atoms with Gasteiger partial charge in [0.25, 0.3) is 0 Å². The van der Waals surface area contributed by atoms with Crippen LogP contribution in [0.15, 0.2) is 36.4 Å². The van der Waals surface area contributed by atoms with Crippen molar-refractivity contribution in [1.82, 2.24) is 15.0 Å². The summed E-state index contributed by atoms with van der Waals surface area (Å²) in [5, 5.41) is 2.75. The van der Waals surface area contributed by atoms with Gasteiger partial charge in [0.05, 0.1) is 16.9 Å². The van der Waals surface area contributed by atoms with Gasteiger partial charge in [-0.1, -0.05) is 25.5 Å². The summed E-state index contributed by atoms with van der Waals surface area (Å²) in [6.07, 6.45) is 1.77. The third-order valence-electron chi connectivity index (χ3n) is 3.62. The van der Waals surface area contributed by atoms with Crippen molar-refractivity contribution >= 4 is 28.6 Å². The number of nitrogen functional groups attached to an aromatic ring is 1. The minimum atomic E-state index is -0.0921. The highest BCUT2D eigenvalue weighted by Gasteiger charge is 2.09. The number of rotatable bonds is 4. The lowest BCUT2D eigenvalue weighted by Crippen LogP contribution is -2.05. The summed E-state index contributed by atoms with van der Waals surface area (Å²) < 4.78 is 0. The molecule has 0 aliphatic heterocycles. The lowest BCUT2D eigenvalue weighted by atomic mass is 10.1. The second kappa shape index (κ2) is 6.62. The second-order valence-electron chi connectivity index (χ2n) is 5.60. The number of aromatic nitrogens is 3. The number of hydrogen-bond donors (Lipinski definition) is 2. The summed E-state index contributed by atoms with van der Waals surface area (Å²) in [7, 11) is 0. The van der Waals surface area contributed by atoms with E-state index >= 15 is 0 Å². The number of nitrogens with two attached hydrogens (primary N) is 1. The van der Waals surface area contributed by atoms with Crippen molar-refractivity contribution in [2.45, 2.75) is 26.7 Å². The average Bonchev–Trinajstić information content (AvgIpc) is 2.55. The van der Waals surface area contributed by atoms with Gasteiger partial charge in [-0.05, 0) is 30.7 Å². The van der Waals surface area contributed by atoms with Gasteiger partial charge in [0.2, 0.25) is 11.9 Å². The van der Waals surface area contributed by atoms with Crippen LogP contribution in [0.1, 0.15) is 26.0 Å². The van der Waals surface area contributed by atoms with Crippen LogP contribution in [0.25, 0.3) is 22.3 Å². The van der Waals surface area contributed by atoms with Crippen molar-refractivity contribution in [3.05, 3.63) is 42.1 Å². The van der Waals surface area contributed by atoms with Crippen LogP contribution in [0, 0.1) is 0 Å². The predicted octanol–water partition coefficient (Wildman–Crippen LogP) is 3.18. The van der Waals surface area contributed by atoms with Crippen molar-refractivity contribution in [2.75, 3.05) is 11.1 Å². The van der Waals surface area contributed by atoms with Gasteiger partial charge in [-0.2, -0.15) is 0 Å². The number of carbonyl (C=O) groups is 1. The zero-order valence-electron chi connectivity index (χ0n) is 13.7. The zero-order valence-corrected chi connectivity index (χ0v) is 13.7. The summed E-state index contributed by atoms with van der Waals surface area (Å²) in [4.78, 5) is 24.4. The molecule has 2 aromatic heterocycles. The van der Waals surface area contributed by atoms with Crippen LogP contribution in [-0.2, 0) is 11.2 Å². The number of amides is 1. The first-order chi connectivity index (χ1) is 11.6. The van der Waals surface area contributed by atoms with Crippen molar-refractivity contribution < 1.29 is 4.79 Å². The fourth-order valence-electron chi connectivity index (χ4n) is 2.59. The topological polar surface area (TPSA) is 93.8 Å². The van der Waals surface area contributed by atoms with Crippen LogP contribution in [0.5, 0.6) is 0 Å². The van der Waals surface area contributed by atoms with Crippen molar-refractivity contribution in [2.24, 2.45) is 0 Å². The third-order valence-corrected chi connectivity index (χ3v) is 3.62. The highest BCUT2D eigenvalue weighted by molar-refractivity contribution is 5.89. The van der Waals surface area contributed by atoms with E-state index in [-0.39, 0.29) is 11.9 Å². The van der Waals surface area contributed by atoms with Crippen LogP contribution in [0.3, 0.4) is 0 Å². The lowest BCUT2D eigenvalue weighted by molar-refractivity contribution is -0.114. The number of benzene rings is 1. The first-order valence-corrected chi connectivity index (χ1v) is 7.88. The molecule has 0 radical (unpaired) electrons. The number of nitrogens with zero attached hydrogens (tertiary/aromatic N) is 3. The van der Waals surface area contributed by atoms with Gasteiger partial charge in [-0.25, -0.2) is 15.0 Å². The van der Waals surface area contributed by atoms with E-state index in [1.165, 1.54) is 6.92 Å². The molecule has 3 aromatic rings. The quantitative estimate of drug-likeness (QED) is 0.769. The Hall–Kier alpha value is -3.02. The van der Waals surface area contributed by atoms with E-state index in [9.17, 15) is 4.79 Å². The van der Waals surface area contributed by atoms with E-state index in [4.69, 9.17) is 10.7 Å². The third kappa shape index (κ3) is 3.32. The first kappa shape index (κ1) is 15.9. The Morgan fingerprint density at radius 1 is 1.08 bits per heavy atom. The highest BCUT2D eigenvalue weighted by Crippen LogP contribution is 2.24. The largest absolute Gasteiger partial charge is 0.368 e. The Bertz CT molecular complexity index is 890. The molecule has 3 N–H and O–H groups in total. The van der Waals surface area contributed by atoms with Gasteiger partial charge < -0.3 is 11.1 Å². The minimum Gasteiger partial charge on any atom is -0.368 e. The van der Waals surface area contributed by atoms with Crippen LogP contribution in [0.4, 0.5) is 11.6 Å². The van der Waals surface area contributed by atoms with E-state index in [2.05, 4.69) is 22.2 Å². The molecule has 0 aliphatic carbocycles. The summed E-state index contributed by atoms with van der Waals surface area (Å²) in [5.74, 6) is 0.186. The summed E-state index contributed by atoms with van der Waals surface area (Å²) in [6.45, 7) is 3.58. The molecule has 122 valence electrons. The number of nitrogens with one attached hydrogen (secondary N) is 1. The summed E-state index contributed by atoms with van der Waals surface area (Å²) >= 11 is 0. The van der Waals surface area contributed by atoms with Crippen molar-refractivity contribution in [3.63, 3.8) is 0 Å². The number of hydrogen-bond acceptors (Lipinski definition) is 5. The number of anilines is 2. The molecule has 0 atom stereocenters. The summed E-state index contributed by atoms with van der Waals surface area (Å²) in [6, 6.07) is 11.4. The van der Waals surface area contributed by atoms with Gasteiger partial charge in [-0.15, -0.1) is 0 Å². The van der Waals surface area contributed by atoms with Gasteiger partial charge in [0.15, 0.2) is 0 Å². The minimum absolute atomic E-state index is 0.0921. The maximum Gasteiger partial charge on any atom is 0.221 e. The van der Waals surface area contributed by atoms with Crippen LogP contribution in [-0.4, -0.2) is 20.9 Å². The van der Waals surface area contributed by atoms with Crippen LogP contribution in [0.2, 0.25) is 0 Å². The van der Waals surface area contributed by atoms with Crippen LogP contribution >= 0.6 is 0 Å². The fraction of sp³-hybridized carbons (Fsp3) is 0.222. The fourth-order valence-corrected chi connectivity index (χ4v) is 2.59. The Balaban J connectivity index is 2.02. The van der Waals surface area contributed by atoms with E-state index in [0.717, 1.165) is 46.5 Å². The maximum absolute atomic E-state index is 11.1. The van der Waals surface area contributed by atoms with E-state index in [1.54, 1.807) is 0 Å². The Labute approximate surface area is 140 Å². The maximum atomic E-state index is 11.1. The van der Waals surface area contributed by atoms with Gasteiger partial charge in [0.1, 0.15) is 5.52 Å². The number of fused-ring (bicyclic) bond motifs is 1. The normalized spacial score (nSPS) is 10.8. The van der Waals surface area contributed by atoms with E-state index < -0.39 is 0 Å². The zero-order chi connectivity index (χ0) is 17.1. The molecular formula is C18H19N5O. The molecule has 6 heteroatoms.